The molecule has 0 amide bonds. The summed E-state index contributed by atoms with van der Waals surface area (Å²) in [6, 6.07) is 13.4. The molecule has 0 aliphatic carbocycles. The Labute approximate surface area is 164 Å². The SMILES string of the molecule is OCC1CCCCN1c1nccnc1Oc1ccc(Nc2ccccn2)cc1. The van der Waals surface area contributed by atoms with Gasteiger partial charge in [0.05, 0.1) is 12.6 Å². The van der Waals surface area contributed by atoms with E-state index in [2.05, 4.69) is 25.2 Å². The first-order valence-electron chi connectivity index (χ1n) is 9.48. The first kappa shape index (κ1) is 18.2. The third-order valence-corrected chi connectivity index (χ3v) is 4.76. The molecule has 1 aliphatic rings. The quantitative estimate of drug-likeness (QED) is 0.677. The zero-order valence-electron chi connectivity index (χ0n) is 15.5. The highest BCUT2D eigenvalue weighted by Gasteiger charge is 2.26. The van der Waals surface area contributed by atoms with E-state index in [0.29, 0.717) is 17.4 Å². The fourth-order valence-electron chi connectivity index (χ4n) is 3.36. The monoisotopic (exact) mass is 377 g/mol. The molecule has 3 heterocycles. The molecule has 3 aromatic rings. The van der Waals surface area contributed by atoms with E-state index in [1.165, 1.54) is 0 Å². The number of aromatic nitrogens is 3. The Morgan fingerprint density at radius 1 is 1.00 bits per heavy atom. The van der Waals surface area contributed by atoms with E-state index in [1.54, 1.807) is 18.6 Å². The normalized spacial score (nSPS) is 16.6. The van der Waals surface area contributed by atoms with Gasteiger partial charge in [-0.25, -0.2) is 15.0 Å². The average molecular weight is 377 g/mol. The summed E-state index contributed by atoms with van der Waals surface area (Å²) < 4.78 is 6.02. The number of aliphatic hydroxyl groups excluding tert-OH is 1. The number of benzene rings is 1. The van der Waals surface area contributed by atoms with Gasteiger partial charge in [-0.2, -0.15) is 0 Å². The van der Waals surface area contributed by atoms with E-state index in [0.717, 1.165) is 37.3 Å². The average Bonchev–Trinajstić information content (AvgIpc) is 2.76. The second-order valence-corrected chi connectivity index (χ2v) is 6.68. The topological polar surface area (TPSA) is 83.4 Å². The molecule has 2 aromatic heterocycles. The van der Waals surface area contributed by atoms with E-state index >= 15 is 0 Å². The van der Waals surface area contributed by atoms with Crippen molar-refractivity contribution in [3.63, 3.8) is 0 Å². The van der Waals surface area contributed by atoms with Crippen LogP contribution in [0.5, 0.6) is 11.6 Å². The first-order valence-corrected chi connectivity index (χ1v) is 9.48. The van der Waals surface area contributed by atoms with Gasteiger partial charge in [0, 0.05) is 30.8 Å². The maximum Gasteiger partial charge on any atom is 0.263 e. The Balaban J connectivity index is 1.50. The van der Waals surface area contributed by atoms with Gasteiger partial charge >= 0.3 is 0 Å². The van der Waals surface area contributed by atoms with Crippen LogP contribution in [0.1, 0.15) is 19.3 Å². The number of hydrogen-bond acceptors (Lipinski definition) is 7. The summed E-state index contributed by atoms with van der Waals surface area (Å²) in [6.45, 7) is 0.942. The molecule has 2 N–H and O–H groups in total. The van der Waals surface area contributed by atoms with Gasteiger partial charge in [-0.05, 0) is 55.7 Å². The Morgan fingerprint density at radius 3 is 2.64 bits per heavy atom. The molecule has 0 bridgehead atoms. The molecule has 0 saturated carbocycles. The van der Waals surface area contributed by atoms with Gasteiger partial charge in [-0.15, -0.1) is 0 Å². The Bertz CT molecular complexity index is 889. The predicted octanol–water partition coefficient (Wildman–Crippen LogP) is 3.76. The number of anilines is 3. The summed E-state index contributed by atoms with van der Waals surface area (Å²) in [5.74, 6) is 2.59. The molecule has 4 rings (SSSR count). The van der Waals surface area contributed by atoms with E-state index in [9.17, 15) is 5.11 Å². The van der Waals surface area contributed by atoms with E-state index < -0.39 is 0 Å². The largest absolute Gasteiger partial charge is 0.436 e. The number of nitrogens with one attached hydrogen (secondary N) is 1. The molecule has 144 valence electrons. The first-order chi connectivity index (χ1) is 13.8. The highest BCUT2D eigenvalue weighted by atomic mass is 16.5. The van der Waals surface area contributed by atoms with Crippen LogP contribution in [0.15, 0.2) is 61.1 Å². The summed E-state index contributed by atoms with van der Waals surface area (Å²) >= 11 is 0. The molecule has 7 heteroatoms. The molecule has 1 saturated heterocycles. The molecule has 0 radical (unpaired) electrons. The fourth-order valence-corrected chi connectivity index (χ4v) is 3.36. The maximum absolute atomic E-state index is 9.71. The Hall–Kier alpha value is -3.19. The van der Waals surface area contributed by atoms with Gasteiger partial charge in [0.2, 0.25) is 0 Å². The van der Waals surface area contributed by atoms with Crippen LogP contribution in [0.2, 0.25) is 0 Å². The lowest BCUT2D eigenvalue weighted by atomic mass is 10.0. The molecule has 1 aliphatic heterocycles. The zero-order valence-corrected chi connectivity index (χ0v) is 15.5. The Morgan fingerprint density at radius 2 is 1.86 bits per heavy atom. The van der Waals surface area contributed by atoms with Crippen molar-refractivity contribution in [3.05, 3.63) is 61.1 Å². The molecule has 1 aromatic carbocycles. The van der Waals surface area contributed by atoms with Gasteiger partial charge in [-0.1, -0.05) is 6.07 Å². The summed E-state index contributed by atoms with van der Waals surface area (Å²) in [7, 11) is 0. The van der Waals surface area contributed by atoms with Crippen molar-refractivity contribution < 1.29 is 9.84 Å². The smallest absolute Gasteiger partial charge is 0.263 e. The van der Waals surface area contributed by atoms with E-state index in [-0.39, 0.29) is 12.6 Å². The molecule has 0 spiro atoms. The van der Waals surface area contributed by atoms with E-state index in [4.69, 9.17) is 4.74 Å². The molecule has 28 heavy (non-hydrogen) atoms. The van der Waals surface area contributed by atoms with Crippen molar-refractivity contribution >= 4 is 17.3 Å². The van der Waals surface area contributed by atoms with Crippen LogP contribution in [-0.2, 0) is 0 Å². The Kier molecular flexibility index (Phi) is 5.63. The van der Waals surface area contributed by atoms with Crippen molar-refractivity contribution in [2.45, 2.75) is 25.3 Å². The lowest BCUT2D eigenvalue weighted by Crippen LogP contribution is -2.42. The summed E-state index contributed by atoms with van der Waals surface area (Å²) in [6.07, 6.45) is 8.15. The number of pyridine rings is 1. The third-order valence-electron chi connectivity index (χ3n) is 4.76. The van der Waals surface area contributed by atoms with Gasteiger partial charge < -0.3 is 20.1 Å². The highest BCUT2D eigenvalue weighted by Crippen LogP contribution is 2.32. The standard InChI is InChI=1S/C21H23N5O2/c27-15-17-5-2-4-14-26(17)20-21(24-13-12-23-20)28-18-9-7-16(8-10-18)25-19-6-1-3-11-22-19/h1,3,6-13,17,27H,2,4-5,14-15H2,(H,22,25). The highest BCUT2D eigenvalue weighted by molar-refractivity contribution is 5.57. The third kappa shape index (κ3) is 4.20. The molecule has 1 fully saturated rings. The minimum atomic E-state index is 0.0535. The number of ether oxygens (including phenoxy) is 1. The number of nitrogens with zero attached hydrogens (tertiary/aromatic N) is 4. The van der Waals surface area contributed by atoms with Crippen molar-refractivity contribution in [2.75, 3.05) is 23.4 Å². The summed E-state index contributed by atoms with van der Waals surface area (Å²) in [4.78, 5) is 15.2. The molecular weight excluding hydrogens is 354 g/mol. The number of hydrogen-bond donors (Lipinski definition) is 2. The minimum absolute atomic E-state index is 0.0535. The van der Waals surface area contributed by atoms with Crippen LogP contribution in [0.25, 0.3) is 0 Å². The van der Waals surface area contributed by atoms with Crippen LogP contribution in [0, 0.1) is 0 Å². The lowest BCUT2D eigenvalue weighted by molar-refractivity contribution is 0.238. The van der Waals surface area contributed by atoms with Gasteiger partial charge in [-0.3, -0.25) is 0 Å². The molecule has 1 unspecified atom stereocenters. The van der Waals surface area contributed by atoms with Gasteiger partial charge in [0.25, 0.3) is 5.88 Å². The summed E-state index contributed by atoms with van der Waals surface area (Å²) in [5.41, 5.74) is 0.918. The minimum Gasteiger partial charge on any atom is -0.436 e. The second kappa shape index (κ2) is 8.67. The number of aliphatic hydroxyl groups is 1. The van der Waals surface area contributed by atoms with Gasteiger partial charge in [0.1, 0.15) is 11.6 Å². The lowest BCUT2D eigenvalue weighted by Gasteiger charge is -2.35. The van der Waals surface area contributed by atoms with Crippen LogP contribution in [-0.4, -0.2) is 39.3 Å². The molecule has 7 nitrogen and oxygen atoms in total. The van der Waals surface area contributed by atoms with Crippen LogP contribution in [0.3, 0.4) is 0 Å². The maximum atomic E-state index is 9.71. The number of rotatable bonds is 6. The van der Waals surface area contributed by atoms with E-state index in [1.807, 2.05) is 42.5 Å². The van der Waals surface area contributed by atoms with Crippen molar-refractivity contribution in [3.8, 4) is 11.6 Å². The van der Waals surface area contributed by atoms with Crippen LogP contribution >= 0.6 is 0 Å². The zero-order chi connectivity index (χ0) is 19.2. The molecular formula is C21H23N5O2. The van der Waals surface area contributed by atoms with Crippen molar-refractivity contribution in [2.24, 2.45) is 0 Å². The van der Waals surface area contributed by atoms with Crippen molar-refractivity contribution in [1.29, 1.82) is 0 Å². The van der Waals surface area contributed by atoms with Crippen molar-refractivity contribution in [1.82, 2.24) is 15.0 Å². The fraction of sp³-hybridized carbons (Fsp3) is 0.286. The van der Waals surface area contributed by atoms with Crippen LogP contribution < -0.4 is 15.0 Å². The molecule has 1 atom stereocenters. The number of piperidine rings is 1. The predicted molar refractivity (Wildman–Crippen MR) is 108 cm³/mol. The second-order valence-electron chi connectivity index (χ2n) is 6.68. The van der Waals surface area contributed by atoms with Crippen LogP contribution in [0.4, 0.5) is 17.3 Å². The van der Waals surface area contributed by atoms with Gasteiger partial charge in [0.15, 0.2) is 5.82 Å². The summed E-state index contributed by atoms with van der Waals surface area (Å²) in [5, 5.41) is 13.0.